The van der Waals surface area contributed by atoms with Gasteiger partial charge in [0, 0.05) is 18.3 Å². The molecule has 1 aromatic rings. The van der Waals surface area contributed by atoms with Crippen molar-refractivity contribution in [3.8, 4) is 0 Å². The minimum Gasteiger partial charge on any atom is -0.486 e. The number of rotatable bonds is 11. The van der Waals surface area contributed by atoms with Crippen molar-refractivity contribution in [1.82, 2.24) is 5.32 Å². The van der Waals surface area contributed by atoms with Crippen LogP contribution in [-0.4, -0.2) is 12.9 Å². The zero-order valence-corrected chi connectivity index (χ0v) is 12.9. The highest BCUT2D eigenvalue weighted by atomic mass is 16.5. The van der Waals surface area contributed by atoms with Crippen LogP contribution in [0.5, 0.6) is 0 Å². The average molecular weight is 298 g/mol. The second-order valence-corrected chi connectivity index (χ2v) is 4.64. The van der Waals surface area contributed by atoms with Gasteiger partial charge in [-0.25, -0.2) is 5.32 Å². The lowest BCUT2D eigenvalue weighted by atomic mass is 10.2. The van der Waals surface area contributed by atoms with Crippen molar-refractivity contribution in [3.63, 3.8) is 0 Å². The van der Waals surface area contributed by atoms with Gasteiger partial charge in [-0.2, -0.15) is 4.57 Å². The van der Waals surface area contributed by atoms with Crippen molar-refractivity contribution in [3.05, 3.63) is 79.4 Å². The second-order valence-electron chi connectivity index (χ2n) is 4.64. The van der Waals surface area contributed by atoms with Crippen molar-refractivity contribution >= 4 is 6.21 Å². The zero-order chi connectivity index (χ0) is 16.0. The number of aromatic nitrogens is 1. The van der Waals surface area contributed by atoms with E-state index in [0.717, 1.165) is 18.4 Å². The summed E-state index contributed by atoms with van der Waals surface area (Å²) in [5.74, 6) is 0. The molecule has 0 aliphatic rings. The van der Waals surface area contributed by atoms with Crippen LogP contribution in [0.4, 0.5) is 0 Å². The van der Waals surface area contributed by atoms with E-state index in [1.807, 2.05) is 29.1 Å². The molecular formula is C18H24N3O+. The molecule has 0 radical (unpaired) electrons. The zero-order valence-electron chi connectivity index (χ0n) is 12.9. The highest BCUT2D eigenvalue weighted by molar-refractivity contribution is 5.69. The van der Waals surface area contributed by atoms with E-state index in [-0.39, 0.29) is 0 Å². The van der Waals surface area contributed by atoms with Gasteiger partial charge >= 0.3 is 0 Å². The Labute approximate surface area is 132 Å². The molecule has 0 fully saturated rings. The molecule has 0 spiro atoms. The number of hydrogen-bond acceptors (Lipinski definition) is 3. The largest absolute Gasteiger partial charge is 0.486 e. The normalized spacial score (nSPS) is 11.4. The summed E-state index contributed by atoms with van der Waals surface area (Å²) in [4.78, 5) is 0. The molecule has 0 unspecified atom stereocenters. The van der Waals surface area contributed by atoms with Crippen LogP contribution in [0.15, 0.2) is 73.8 Å². The van der Waals surface area contributed by atoms with E-state index in [1.165, 1.54) is 11.8 Å². The lowest BCUT2D eigenvalue weighted by Crippen LogP contribution is -2.41. The molecule has 0 aromatic carbocycles. The number of nitrogens with one attached hydrogen (secondary N) is 2. The summed E-state index contributed by atoms with van der Waals surface area (Å²) < 4.78 is 7.41. The number of ether oxygens (including phenoxy) is 1. The Morgan fingerprint density at radius 1 is 1.27 bits per heavy atom. The third-order valence-corrected chi connectivity index (χ3v) is 2.88. The summed E-state index contributed by atoms with van der Waals surface area (Å²) in [7, 11) is 0. The maximum absolute atomic E-state index is 7.06. The second kappa shape index (κ2) is 11.2. The van der Waals surface area contributed by atoms with Gasteiger partial charge in [0.1, 0.15) is 6.73 Å². The summed E-state index contributed by atoms with van der Waals surface area (Å²) in [5, 5.41) is 10.2. The number of allylic oxidation sites excluding steroid dienone is 5. The average Bonchev–Trinajstić information content (AvgIpc) is 2.53. The van der Waals surface area contributed by atoms with E-state index in [1.54, 1.807) is 18.4 Å². The quantitative estimate of drug-likeness (QED) is 0.125. The lowest BCUT2D eigenvalue weighted by Gasteiger charge is -2.02. The van der Waals surface area contributed by atoms with Gasteiger partial charge in [0.2, 0.25) is 6.67 Å². The summed E-state index contributed by atoms with van der Waals surface area (Å²) in [6.45, 7) is 8.51. The molecule has 1 rings (SSSR count). The number of hydrogen-bond donors (Lipinski definition) is 2. The molecule has 0 saturated heterocycles. The monoisotopic (exact) mass is 298 g/mol. The Bertz CT molecular complexity index is 530. The smallest absolute Gasteiger partial charge is 0.204 e. The van der Waals surface area contributed by atoms with Crippen LogP contribution in [0.1, 0.15) is 12.0 Å². The van der Waals surface area contributed by atoms with Gasteiger partial charge in [0.15, 0.2) is 12.4 Å². The van der Waals surface area contributed by atoms with E-state index >= 15 is 0 Å². The van der Waals surface area contributed by atoms with Crippen LogP contribution in [0.3, 0.4) is 0 Å². The van der Waals surface area contributed by atoms with E-state index in [2.05, 4.69) is 30.6 Å². The van der Waals surface area contributed by atoms with E-state index in [4.69, 9.17) is 10.1 Å². The van der Waals surface area contributed by atoms with Crippen molar-refractivity contribution in [1.29, 1.82) is 5.41 Å². The topological polar surface area (TPSA) is 49.0 Å². The number of nitrogens with zero attached hydrogens (tertiary/aromatic N) is 1. The molecule has 0 amide bonds. The SMILES string of the molecule is C=CCC(/C=C\OCNC[n+]1ccc(CC=C)cc1)=C/C=N. The van der Waals surface area contributed by atoms with Crippen molar-refractivity contribution in [2.75, 3.05) is 6.73 Å². The fourth-order valence-electron chi connectivity index (χ4n) is 1.78. The molecule has 1 heterocycles. The van der Waals surface area contributed by atoms with Crippen molar-refractivity contribution in [2.24, 2.45) is 0 Å². The van der Waals surface area contributed by atoms with Crippen LogP contribution in [0.25, 0.3) is 0 Å². The summed E-state index contributed by atoms with van der Waals surface area (Å²) in [6.07, 6.45) is 15.8. The molecule has 2 N–H and O–H groups in total. The minimum absolute atomic E-state index is 0.421. The maximum Gasteiger partial charge on any atom is 0.204 e. The predicted octanol–water partition coefficient (Wildman–Crippen LogP) is 2.89. The first-order valence-electron chi connectivity index (χ1n) is 7.18. The van der Waals surface area contributed by atoms with Gasteiger partial charge in [0.25, 0.3) is 0 Å². The molecule has 0 aliphatic carbocycles. The fourth-order valence-corrected chi connectivity index (χ4v) is 1.78. The highest BCUT2D eigenvalue weighted by Crippen LogP contribution is 2.02. The molecule has 116 valence electrons. The number of pyridine rings is 1. The third kappa shape index (κ3) is 7.36. The van der Waals surface area contributed by atoms with Crippen molar-refractivity contribution in [2.45, 2.75) is 19.5 Å². The molecule has 0 saturated carbocycles. The van der Waals surface area contributed by atoms with Crippen LogP contribution >= 0.6 is 0 Å². The van der Waals surface area contributed by atoms with Gasteiger partial charge in [-0.3, -0.25) is 0 Å². The first kappa shape index (κ1) is 17.6. The molecular weight excluding hydrogens is 274 g/mol. The van der Waals surface area contributed by atoms with Gasteiger partial charge < -0.3 is 10.1 Å². The Morgan fingerprint density at radius 2 is 2.05 bits per heavy atom. The molecule has 1 aromatic heterocycles. The van der Waals surface area contributed by atoms with E-state index in [0.29, 0.717) is 13.4 Å². The van der Waals surface area contributed by atoms with Gasteiger partial charge in [-0.05, 0) is 36.1 Å². The summed E-state index contributed by atoms with van der Waals surface area (Å²) in [6, 6.07) is 4.15. The molecule has 0 atom stereocenters. The Kier molecular flexibility index (Phi) is 8.98. The van der Waals surface area contributed by atoms with Crippen LogP contribution in [0.2, 0.25) is 0 Å². The Hall–Kier alpha value is -2.46. The Morgan fingerprint density at radius 3 is 2.68 bits per heavy atom. The van der Waals surface area contributed by atoms with E-state index < -0.39 is 0 Å². The summed E-state index contributed by atoms with van der Waals surface area (Å²) >= 11 is 0. The third-order valence-electron chi connectivity index (χ3n) is 2.88. The first-order chi connectivity index (χ1) is 10.8. The van der Waals surface area contributed by atoms with E-state index in [9.17, 15) is 0 Å². The minimum atomic E-state index is 0.421. The lowest BCUT2D eigenvalue weighted by molar-refractivity contribution is -0.702. The summed E-state index contributed by atoms with van der Waals surface area (Å²) in [5.41, 5.74) is 2.23. The maximum atomic E-state index is 7.06. The Balaban J connectivity index is 2.27. The molecule has 4 nitrogen and oxygen atoms in total. The molecule has 0 aliphatic heterocycles. The predicted molar refractivity (Wildman–Crippen MR) is 90.4 cm³/mol. The van der Waals surface area contributed by atoms with Gasteiger partial charge in [-0.15, -0.1) is 13.2 Å². The standard InChI is InChI=1S/C18H24N3O/c1-3-5-17(7-11-19)10-14-22-16-20-15-21-12-8-18(6-4-2)9-13-21/h3-4,7-14,19-20H,1-2,5-6,15-16H2/q+1/b14-10-,17-7-,19-11?. The van der Waals surface area contributed by atoms with Crippen LogP contribution < -0.4 is 9.88 Å². The van der Waals surface area contributed by atoms with Gasteiger partial charge in [-0.1, -0.05) is 12.2 Å². The van der Waals surface area contributed by atoms with Crippen LogP contribution in [-0.2, 0) is 17.8 Å². The van der Waals surface area contributed by atoms with Crippen molar-refractivity contribution < 1.29 is 9.30 Å². The highest BCUT2D eigenvalue weighted by Gasteiger charge is 1.98. The molecule has 0 bridgehead atoms. The molecule has 22 heavy (non-hydrogen) atoms. The first-order valence-corrected chi connectivity index (χ1v) is 7.18. The fraction of sp³-hybridized carbons (Fsp3) is 0.222. The van der Waals surface area contributed by atoms with Crippen LogP contribution in [0, 0.1) is 5.41 Å². The molecule has 4 heteroatoms. The van der Waals surface area contributed by atoms with Gasteiger partial charge in [0.05, 0.1) is 6.26 Å².